The van der Waals surface area contributed by atoms with Crippen molar-refractivity contribution in [2.24, 2.45) is 5.41 Å². The van der Waals surface area contributed by atoms with E-state index >= 15 is 0 Å². The van der Waals surface area contributed by atoms with Crippen molar-refractivity contribution in [2.45, 2.75) is 39.2 Å². The standard InChI is InChI=1S/C12H23NO3/c1-4-10(8-16-3)13-7-5-6-12(2,9-13)11(14)15/h10H,4-9H2,1-3H3,(H,14,15). The molecule has 1 fully saturated rings. The summed E-state index contributed by atoms with van der Waals surface area (Å²) in [5.41, 5.74) is -0.584. The minimum absolute atomic E-state index is 0.351. The fourth-order valence-corrected chi connectivity index (χ4v) is 2.44. The fraction of sp³-hybridized carbons (Fsp3) is 0.917. The first-order valence-electron chi connectivity index (χ1n) is 6.00. The normalized spacial score (nSPS) is 28.9. The van der Waals surface area contributed by atoms with Crippen LogP contribution in [0.4, 0.5) is 0 Å². The largest absolute Gasteiger partial charge is 0.481 e. The van der Waals surface area contributed by atoms with Crippen molar-refractivity contribution in [3.63, 3.8) is 0 Å². The smallest absolute Gasteiger partial charge is 0.310 e. The number of nitrogens with zero attached hydrogens (tertiary/aromatic N) is 1. The van der Waals surface area contributed by atoms with E-state index < -0.39 is 11.4 Å². The van der Waals surface area contributed by atoms with Gasteiger partial charge in [-0.1, -0.05) is 6.92 Å². The molecule has 16 heavy (non-hydrogen) atoms. The van der Waals surface area contributed by atoms with E-state index in [0.29, 0.717) is 19.2 Å². The summed E-state index contributed by atoms with van der Waals surface area (Å²) in [6.07, 6.45) is 2.74. The lowest BCUT2D eigenvalue weighted by Gasteiger charge is -2.41. The first-order valence-corrected chi connectivity index (χ1v) is 6.00. The van der Waals surface area contributed by atoms with Crippen LogP contribution in [0.25, 0.3) is 0 Å². The molecule has 0 aromatic rings. The highest BCUT2D eigenvalue weighted by Crippen LogP contribution is 2.31. The van der Waals surface area contributed by atoms with E-state index in [1.807, 2.05) is 6.92 Å². The summed E-state index contributed by atoms with van der Waals surface area (Å²) in [5.74, 6) is -0.676. The van der Waals surface area contributed by atoms with E-state index in [-0.39, 0.29) is 0 Å². The Bertz CT molecular complexity index is 244. The number of carboxylic acid groups (broad SMARTS) is 1. The van der Waals surface area contributed by atoms with Crippen LogP contribution in [-0.2, 0) is 9.53 Å². The maximum atomic E-state index is 11.2. The molecule has 0 spiro atoms. The van der Waals surface area contributed by atoms with E-state index in [1.165, 1.54) is 0 Å². The molecule has 4 nitrogen and oxygen atoms in total. The average molecular weight is 229 g/mol. The Kier molecular flexibility index (Phi) is 4.74. The average Bonchev–Trinajstić information content (AvgIpc) is 2.25. The first kappa shape index (κ1) is 13.5. The molecule has 1 rings (SSSR count). The Morgan fingerprint density at radius 1 is 1.62 bits per heavy atom. The van der Waals surface area contributed by atoms with E-state index in [9.17, 15) is 9.90 Å². The molecule has 94 valence electrons. The van der Waals surface area contributed by atoms with Crippen molar-refractivity contribution in [3.05, 3.63) is 0 Å². The fourth-order valence-electron chi connectivity index (χ4n) is 2.44. The molecule has 2 unspecified atom stereocenters. The summed E-state index contributed by atoms with van der Waals surface area (Å²) in [7, 11) is 1.70. The maximum absolute atomic E-state index is 11.2. The van der Waals surface area contributed by atoms with E-state index in [4.69, 9.17) is 4.74 Å². The molecule has 1 aliphatic rings. The van der Waals surface area contributed by atoms with Crippen molar-refractivity contribution in [1.82, 2.24) is 4.90 Å². The van der Waals surface area contributed by atoms with Crippen LogP contribution < -0.4 is 0 Å². The van der Waals surface area contributed by atoms with Gasteiger partial charge in [-0.3, -0.25) is 9.69 Å². The van der Waals surface area contributed by atoms with Gasteiger partial charge in [-0.15, -0.1) is 0 Å². The summed E-state index contributed by atoms with van der Waals surface area (Å²) in [4.78, 5) is 13.5. The Hall–Kier alpha value is -0.610. The second-order valence-electron chi connectivity index (χ2n) is 4.96. The molecule has 0 aromatic heterocycles. The summed E-state index contributed by atoms with van der Waals surface area (Å²) in [6.45, 7) is 6.29. The van der Waals surface area contributed by atoms with Crippen LogP contribution >= 0.6 is 0 Å². The predicted molar refractivity (Wildman–Crippen MR) is 62.5 cm³/mol. The number of methoxy groups -OCH3 is 1. The van der Waals surface area contributed by atoms with Crippen molar-refractivity contribution < 1.29 is 14.6 Å². The monoisotopic (exact) mass is 229 g/mol. The molecule has 1 N–H and O–H groups in total. The molecule has 0 aromatic carbocycles. The third kappa shape index (κ3) is 2.95. The Balaban J connectivity index is 2.65. The minimum atomic E-state index is -0.676. The molecule has 0 bridgehead atoms. The number of piperidine rings is 1. The Labute approximate surface area is 97.6 Å². The number of carbonyl (C=O) groups is 1. The third-order valence-corrected chi connectivity index (χ3v) is 3.59. The van der Waals surface area contributed by atoms with Crippen LogP contribution in [-0.4, -0.2) is 48.8 Å². The molecule has 0 aliphatic carbocycles. The Morgan fingerprint density at radius 3 is 2.81 bits per heavy atom. The van der Waals surface area contributed by atoms with Crippen LogP contribution in [0.1, 0.15) is 33.1 Å². The lowest BCUT2D eigenvalue weighted by atomic mass is 9.81. The molecule has 1 saturated heterocycles. The van der Waals surface area contributed by atoms with Gasteiger partial charge in [0.05, 0.1) is 12.0 Å². The third-order valence-electron chi connectivity index (χ3n) is 3.59. The Morgan fingerprint density at radius 2 is 2.31 bits per heavy atom. The number of rotatable bonds is 5. The number of hydrogen-bond donors (Lipinski definition) is 1. The zero-order chi connectivity index (χ0) is 12.2. The second-order valence-corrected chi connectivity index (χ2v) is 4.96. The predicted octanol–water partition coefficient (Wildman–Crippen LogP) is 1.60. The highest BCUT2D eigenvalue weighted by atomic mass is 16.5. The van der Waals surface area contributed by atoms with Crippen LogP contribution in [0.5, 0.6) is 0 Å². The van der Waals surface area contributed by atoms with Gasteiger partial charge in [-0.25, -0.2) is 0 Å². The zero-order valence-corrected chi connectivity index (χ0v) is 10.5. The van der Waals surface area contributed by atoms with Gasteiger partial charge in [0.1, 0.15) is 0 Å². The molecule has 0 radical (unpaired) electrons. The number of hydrogen-bond acceptors (Lipinski definition) is 3. The highest BCUT2D eigenvalue weighted by Gasteiger charge is 2.39. The summed E-state index contributed by atoms with van der Waals surface area (Å²) in [6, 6.07) is 0.351. The molecule has 1 heterocycles. The molecule has 0 saturated carbocycles. The molecule has 0 amide bonds. The number of likely N-dealkylation sites (tertiary alicyclic amines) is 1. The molecular weight excluding hydrogens is 206 g/mol. The zero-order valence-electron chi connectivity index (χ0n) is 10.5. The molecule has 2 atom stereocenters. The van der Waals surface area contributed by atoms with E-state index in [0.717, 1.165) is 25.8 Å². The van der Waals surface area contributed by atoms with Crippen LogP contribution in [0.3, 0.4) is 0 Å². The number of ether oxygens (including phenoxy) is 1. The van der Waals surface area contributed by atoms with Crippen LogP contribution in [0.2, 0.25) is 0 Å². The lowest BCUT2D eigenvalue weighted by molar-refractivity contribution is -0.152. The topological polar surface area (TPSA) is 49.8 Å². The molecule has 1 aliphatic heterocycles. The van der Waals surface area contributed by atoms with Crippen molar-refractivity contribution >= 4 is 5.97 Å². The van der Waals surface area contributed by atoms with Gasteiger partial charge in [0.2, 0.25) is 0 Å². The maximum Gasteiger partial charge on any atom is 0.310 e. The number of carboxylic acids is 1. The van der Waals surface area contributed by atoms with Gasteiger partial charge in [-0.05, 0) is 32.7 Å². The van der Waals surface area contributed by atoms with Gasteiger partial charge in [0.15, 0.2) is 0 Å². The summed E-state index contributed by atoms with van der Waals surface area (Å²) >= 11 is 0. The van der Waals surface area contributed by atoms with Crippen LogP contribution in [0.15, 0.2) is 0 Å². The van der Waals surface area contributed by atoms with Gasteiger partial charge in [-0.2, -0.15) is 0 Å². The summed E-state index contributed by atoms with van der Waals surface area (Å²) in [5, 5.41) is 9.24. The SMILES string of the molecule is CCC(COC)N1CCCC(C)(C(=O)O)C1. The molecule has 4 heteroatoms. The second kappa shape index (κ2) is 5.64. The van der Waals surface area contributed by atoms with Crippen LogP contribution in [0, 0.1) is 5.41 Å². The van der Waals surface area contributed by atoms with Gasteiger partial charge in [0, 0.05) is 19.7 Å². The van der Waals surface area contributed by atoms with Crippen molar-refractivity contribution in [3.8, 4) is 0 Å². The lowest BCUT2D eigenvalue weighted by Crippen LogP contribution is -2.51. The number of aliphatic carboxylic acids is 1. The first-order chi connectivity index (χ1) is 7.53. The van der Waals surface area contributed by atoms with Gasteiger partial charge in [0.25, 0.3) is 0 Å². The van der Waals surface area contributed by atoms with Crippen molar-refractivity contribution in [1.29, 1.82) is 0 Å². The van der Waals surface area contributed by atoms with Gasteiger partial charge >= 0.3 is 5.97 Å². The van der Waals surface area contributed by atoms with E-state index in [2.05, 4.69) is 11.8 Å². The minimum Gasteiger partial charge on any atom is -0.481 e. The molecular formula is C12H23NO3. The summed E-state index contributed by atoms with van der Waals surface area (Å²) < 4.78 is 5.19. The van der Waals surface area contributed by atoms with Gasteiger partial charge < -0.3 is 9.84 Å². The van der Waals surface area contributed by atoms with Crippen molar-refractivity contribution in [2.75, 3.05) is 26.8 Å². The van der Waals surface area contributed by atoms with E-state index in [1.54, 1.807) is 7.11 Å². The highest BCUT2D eigenvalue weighted by molar-refractivity contribution is 5.74. The quantitative estimate of drug-likeness (QED) is 0.778.